The number of hydrogen-bond acceptors (Lipinski definition) is 3. The molecule has 1 aliphatic rings. The zero-order valence-electron chi connectivity index (χ0n) is 10.4. The van der Waals surface area contributed by atoms with Crippen molar-refractivity contribution in [1.29, 1.82) is 0 Å². The number of carboxylic acids is 1. The summed E-state index contributed by atoms with van der Waals surface area (Å²) in [6.45, 7) is 3.05. The van der Waals surface area contributed by atoms with E-state index in [0.717, 1.165) is 6.42 Å². The Morgan fingerprint density at radius 1 is 1.56 bits per heavy atom. The molecule has 0 aromatic heterocycles. The molecule has 1 rings (SSSR count). The Morgan fingerprint density at radius 3 is 2.83 bits per heavy atom. The number of hydrogen-bond donors (Lipinski definition) is 2. The first-order valence-corrected chi connectivity index (χ1v) is 5.89. The summed E-state index contributed by atoms with van der Waals surface area (Å²) in [7, 11) is 0. The number of ether oxygens (including phenoxy) is 1. The summed E-state index contributed by atoms with van der Waals surface area (Å²) < 4.78 is 5.08. The van der Waals surface area contributed by atoms with Gasteiger partial charge < -0.3 is 20.1 Å². The Kier molecular flexibility index (Phi) is 5.46. The van der Waals surface area contributed by atoms with Crippen LogP contribution in [0.3, 0.4) is 0 Å². The van der Waals surface area contributed by atoms with Gasteiger partial charge in [0, 0.05) is 6.54 Å². The van der Waals surface area contributed by atoms with Crippen LogP contribution >= 0.6 is 0 Å². The van der Waals surface area contributed by atoms with Crippen molar-refractivity contribution in [1.82, 2.24) is 10.2 Å². The SMILES string of the molecule is C#CCN(CCC)C(=O)NC1COCC1C(=O)O. The van der Waals surface area contributed by atoms with Gasteiger partial charge in [-0.1, -0.05) is 12.8 Å². The topological polar surface area (TPSA) is 78.9 Å². The predicted octanol–water partition coefficient (Wildman–Crippen LogP) is 0.141. The number of rotatable bonds is 5. The minimum Gasteiger partial charge on any atom is -0.481 e. The van der Waals surface area contributed by atoms with Crippen LogP contribution in [0.2, 0.25) is 0 Å². The lowest BCUT2D eigenvalue weighted by atomic mass is 10.0. The molecule has 1 saturated heterocycles. The number of urea groups is 1. The van der Waals surface area contributed by atoms with Crippen LogP contribution in [0.15, 0.2) is 0 Å². The van der Waals surface area contributed by atoms with Gasteiger partial charge in [0.15, 0.2) is 0 Å². The first-order valence-electron chi connectivity index (χ1n) is 5.89. The van der Waals surface area contributed by atoms with E-state index in [2.05, 4.69) is 11.2 Å². The van der Waals surface area contributed by atoms with Crippen LogP contribution in [-0.4, -0.2) is 54.4 Å². The van der Waals surface area contributed by atoms with E-state index in [1.165, 1.54) is 4.90 Å². The molecule has 2 unspecified atom stereocenters. The standard InChI is InChI=1S/C12H18N2O4/c1-3-5-14(6-4-2)12(17)13-10-8-18-7-9(10)11(15)16/h1,9-10H,4-8H2,2H3,(H,13,17)(H,15,16). The largest absolute Gasteiger partial charge is 0.481 e. The number of nitrogens with one attached hydrogen (secondary N) is 1. The van der Waals surface area contributed by atoms with Crippen molar-refractivity contribution in [3.05, 3.63) is 0 Å². The number of aliphatic carboxylic acids is 1. The van der Waals surface area contributed by atoms with Crippen LogP contribution in [0.4, 0.5) is 4.79 Å². The van der Waals surface area contributed by atoms with E-state index < -0.39 is 17.9 Å². The minimum absolute atomic E-state index is 0.128. The number of nitrogens with zero attached hydrogens (tertiary/aromatic N) is 1. The number of terminal acetylenes is 1. The molecule has 0 spiro atoms. The molecule has 1 aliphatic heterocycles. The molecule has 0 aromatic carbocycles. The molecule has 2 amide bonds. The van der Waals surface area contributed by atoms with Gasteiger partial charge in [-0.2, -0.15) is 0 Å². The van der Waals surface area contributed by atoms with Crippen molar-refractivity contribution in [2.24, 2.45) is 5.92 Å². The Labute approximate surface area is 106 Å². The van der Waals surface area contributed by atoms with Gasteiger partial charge in [-0.05, 0) is 6.42 Å². The Bertz CT molecular complexity index is 350. The maximum atomic E-state index is 11.9. The maximum Gasteiger partial charge on any atom is 0.318 e. The molecule has 100 valence electrons. The lowest BCUT2D eigenvalue weighted by Crippen LogP contribution is -2.49. The molecule has 2 N–H and O–H groups in total. The molecule has 1 fully saturated rings. The second kappa shape index (κ2) is 6.87. The summed E-state index contributed by atoms with van der Waals surface area (Å²) >= 11 is 0. The van der Waals surface area contributed by atoms with Crippen LogP contribution in [0, 0.1) is 18.3 Å². The van der Waals surface area contributed by atoms with Gasteiger partial charge in [-0.15, -0.1) is 6.42 Å². The van der Waals surface area contributed by atoms with E-state index in [0.29, 0.717) is 6.54 Å². The fourth-order valence-corrected chi connectivity index (χ4v) is 1.82. The van der Waals surface area contributed by atoms with E-state index in [1.807, 2.05) is 6.92 Å². The Balaban J connectivity index is 2.57. The number of carbonyl (C=O) groups is 2. The summed E-state index contributed by atoms with van der Waals surface area (Å²) in [5.74, 6) is 0.757. The summed E-state index contributed by atoms with van der Waals surface area (Å²) in [5.41, 5.74) is 0. The van der Waals surface area contributed by atoms with E-state index in [1.54, 1.807) is 0 Å². The van der Waals surface area contributed by atoms with Gasteiger partial charge in [-0.25, -0.2) is 4.79 Å². The summed E-state index contributed by atoms with van der Waals surface area (Å²) in [6, 6.07) is -0.830. The average Bonchev–Trinajstić information content (AvgIpc) is 2.77. The van der Waals surface area contributed by atoms with Crippen molar-refractivity contribution in [2.75, 3.05) is 26.3 Å². The molecule has 6 nitrogen and oxygen atoms in total. The molecule has 18 heavy (non-hydrogen) atoms. The summed E-state index contributed by atoms with van der Waals surface area (Å²) in [6.07, 6.45) is 5.98. The van der Waals surface area contributed by atoms with Crippen molar-refractivity contribution >= 4 is 12.0 Å². The number of carbonyl (C=O) groups excluding carboxylic acids is 1. The van der Waals surface area contributed by atoms with E-state index in [4.69, 9.17) is 16.3 Å². The lowest BCUT2D eigenvalue weighted by Gasteiger charge is -2.23. The average molecular weight is 254 g/mol. The molecule has 0 aliphatic carbocycles. The molecule has 0 aromatic rings. The summed E-state index contributed by atoms with van der Waals surface area (Å²) in [5, 5.41) is 11.6. The normalized spacial score (nSPS) is 22.2. The first kappa shape index (κ1) is 14.3. The third-order valence-electron chi connectivity index (χ3n) is 2.77. The van der Waals surface area contributed by atoms with E-state index >= 15 is 0 Å². The molecular formula is C12H18N2O4. The van der Waals surface area contributed by atoms with Crippen LogP contribution in [-0.2, 0) is 9.53 Å². The molecular weight excluding hydrogens is 236 g/mol. The van der Waals surface area contributed by atoms with Gasteiger partial charge in [0.2, 0.25) is 0 Å². The molecule has 6 heteroatoms. The highest BCUT2D eigenvalue weighted by atomic mass is 16.5. The van der Waals surface area contributed by atoms with Crippen molar-refractivity contribution < 1.29 is 19.4 Å². The van der Waals surface area contributed by atoms with E-state index in [-0.39, 0.29) is 25.8 Å². The fraction of sp³-hybridized carbons (Fsp3) is 0.667. The maximum absolute atomic E-state index is 11.9. The van der Waals surface area contributed by atoms with Gasteiger partial charge >= 0.3 is 12.0 Å². The lowest BCUT2D eigenvalue weighted by molar-refractivity contribution is -0.142. The van der Waals surface area contributed by atoms with Gasteiger partial charge in [0.1, 0.15) is 5.92 Å². The molecule has 2 atom stereocenters. The van der Waals surface area contributed by atoms with Crippen LogP contribution in [0.5, 0.6) is 0 Å². The van der Waals surface area contributed by atoms with Crippen LogP contribution in [0.25, 0.3) is 0 Å². The highest BCUT2D eigenvalue weighted by Gasteiger charge is 2.35. The van der Waals surface area contributed by atoms with Gasteiger partial charge in [-0.3, -0.25) is 4.79 Å². The van der Waals surface area contributed by atoms with Crippen molar-refractivity contribution in [2.45, 2.75) is 19.4 Å². The fourth-order valence-electron chi connectivity index (χ4n) is 1.82. The first-order chi connectivity index (χ1) is 8.60. The summed E-state index contributed by atoms with van der Waals surface area (Å²) in [4.78, 5) is 24.3. The Hall–Kier alpha value is -1.74. The second-order valence-corrected chi connectivity index (χ2v) is 4.16. The van der Waals surface area contributed by atoms with Gasteiger partial charge in [0.05, 0.1) is 25.8 Å². The second-order valence-electron chi connectivity index (χ2n) is 4.16. The predicted molar refractivity (Wildman–Crippen MR) is 65.0 cm³/mol. The minimum atomic E-state index is -0.961. The third-order valence-corrected chi connectivity index (χ3v) is 2.77. The quantitative estimate of drug-likeness (QED) is 0.684. The zero-order valence-corrected chi connectivity index (χ0v) is 10.4. The monoisotopic (exact) mass is 254 g/mol. The molecule has 1 heterocycles. The Morgan fingerprint density at radius 2 is 2.28 bits per heavy atom. The number of amides is 2. The van der Waals surface area contributed by atoms with Crippen LogP contribution < -0.4 is 5.32 Å². The smallest absolute Gasteiger partial charge is 0.318 e. The molecule has 0 radical (unpaired) electrons. The molecule has 0 bridgehead atoms. The third kappa shape index (κ3) is 3.64. The van der Waals surface area contributed by atoms with Crippen molar-refractivity contribution in [3.8, 4) is 12.3 Å². The molecule has 0 saturated carbocycles. The van der Waals surface area contributed by atoms with Gasteiger partial charge in [0.25, 0.3) is 0 Å². The van der Waals surface area contributed by atoms with Crippen LogP contribution in [0.1, 0.15) is 13.3 Å². The zero-order chi connectivity index (χ0) is 13.5. The highest BCUT2D eigenvalue weighted by molar-refractivity contribution is 5.77. The van der Waals surface area contributed by atoms with Crippen molar-refractivity contribution in [3.63, 3.8) is 0 Å². The number of carboxylic acid groups (broad SMARTS) is 1. The van der Waals surface area contributed by atoms with E-state index in [9.17, 15) is 9.59 Å². The highest BCUT2D eigenvalue weighted by Crippen LogP contribution is 2.14.